The van der Waals surface area contributed by atoms with Crippen LogP contribution < -0.4 is 10.6 Å². The van der Waals surface area contributed by atoms with Crippen molar-refractivity contribution in [2.75, 3.05) is 32.7 Å². The minimum Gasteiger partial charge on any atom is -0.388 e. The Morgan fingerprint density at radius 1 is 1.31 bits per heavy atom. The molecule has 0 unspecified atom stereocenters. The van der Waals surface area contributed by atoms with Gasteiger partial charge in [-0.3, -0.25) is 14.5 Å². The third kappa shape index (κ3) is 4.59. The average Bonchev–Trinajstić information content (AvgIpc) is 2.09. The van der Waals surface area contributed by atoms with Crippen molar-refractivity contribution in [1.82, 2.24) is 15.5 Å². The van der Waals surface area contributed by atoms with Crippen LogP contribution >= 0.6 is 0 Å². The van der Waals surface area contributed by atoms with E-state index < -0.39 is 5.60 Å². The fourth-order valence-electron chi connectivity index (χ4n) is 1.73. The van der Waals surface area contributed by atoms with Crippen LogP contribution in [-0.2, 0) is 9.59 Å². The molecule has 0 atom stereocenters. The first kappa shape index (κ1) is 12.9. The summed E-state index contributed by atoms with van der Waals surface area (Å²) in [6.45, 7) is 5.43. The molecule has 0 aromatic carbocycles. The summed E-state index contributed by atoms with van der Waals surface area (Å²) in [4.78, 5) is 23.8. The van der Waals surface area contributed by atoms with E-state index in [9.17, 15) is 14.7 Å². The van der Waals surface area contributed by atoms with Crippen molar-refractivity contribution in [3.63, 3.8) is 0 Å². The normalized spacial score (nSPS) is 18.7. The summed E-state index contributed by atoms with van der Waals surface area (Å²) >= 11 is 0. The molecule has 1 fully saturated rings. The Morgan fingerprint density at radius 3 is 2.38 bits per heavy atom. The minimum atomic E-state index is -0.642. The maximum absolute atomic E-state index is 11.4. The van der Waals surface area contributed by atoms with Crippen LogP contribution in [0.4, 0.5) is 0 Å². The third-order valence-corrected chi connectivity index (χ3v) is 2.32. The summed E-state index contributed by atoms with van der Waals surface area (Å²) in [5.41, 5.74) is -0.642. The molecule has 0 aliphatic carbocycles. The first-order valence-electron chi connectivity index (χ1n) is 5.35. The molecule has 1 saturated heterocycles. The van der Waals surface area contributed by atoms with Gasteiger partial charge in [-0.05, 0) is 6.92 Å². The number of rotatable bonds is 5. The molecule has 1 aliphatic rings. The van der Waals surface area contributed by atoms with Crippen LogP contribution in [-0.4, -0.2) is 60.1 Å². The van der Waals surface area contributed by atoms with Crippen LogP contribution in [0.3, 0.4) is 0 Å². The zero-order chi connectivity index (χ0) is 12.2. The number of carbonyl (C=O) groups is 2. The second-order valence-corrected chi connectivity index (χ2v) is 4.48. The Labute approximate surface area is 95.0 Å². The second-order valence-electron chi connectivity index (χ2n) is 4.48. The number of nitrogens with one attached hydrogen (secondary N) is 2. The summed E-state index contributed by atoms with van der Waals surface area (Å²) in [5, 5.41) is 14.7. The van der Waals surface area contributed by atoms with Crippen molar-refractivity contribution >= 4 is 11.8 Å². The minimum absolute atomic E-state index is 0.0825. The highest BCUT2D eigenvalue weighted by atomic mass is 16.3. The zero-order valence-electron chi connectivity index (χ0n) is 9.75. The van der Waals surface area contributed by atoms with E-state index in [1.54, 1.807) is 6.92 Å². The van der Waals surface area contributed by atoms with Crippen molar-refractivity contribution in [2.24, 2.45) is 0 Å². The molecule has 0 spiro atoms. The molecule has 2 amide bonds. The molecule has 0 saturated carbocycles. The summed E-state index contributed by atoms with van der Waals surface area (Å²) in [5.74, 6) is -0.186. The Hall–Kier alpha value is -1.14. The highest BCUT2D eigenvalue weighted by molar-refractivity contribution is 5.78. The predicted molar refractivity (Wildman–Crippen MR) is 58.8 cm³/mol. The lowest BCUT2D eigenvalue weighted by molar-refractivity contribution is -0.130. The van der Waals surface area contributed by atoms with Crippen molar-refractivity contribution in [1.29, 1.82) is 0 Å². The van der Waals surface area contributed by atoms with Crippen molar-refractivity contribution < 1.29 is 14.7 Å². The van der Waals surface area contributed by atoms with Crippen molar-refractivity contribution in [3.8, 4) is 0 Å². The molecule has 1 heterocycles. The van der Waals surface area contributed by atoms with E-state index >= 15 is 0 Å². The zero-order valence-corrected chi connectivity index (χ0v) is 9.75. The number of amides is 2. The van der Waals surface area contributed by atoms with E-state index in [0.29, 0.717) is 32.7 Å². The van der Waals surface area contributed by atoms with Gasteiger partial charge in [-0.1, -0.05) is 0 Å². The van der Waals surface area contributed by atoms with Crippen LogP contribution in [0.2, 0.25) is 0 Å². The molecule has 6 heteroatoms. The van der Waals surface area contributed by atoms with Gasteiger partial charge in [0.1, 0.15) is 0 Å². The van der Waals surface area contributed by atoms with E-state index in [-0.39, 0.29) is 11.8 Å². The van der Waals surface area contributed by atoms with Gasteiger partial charge in [-0.25, -0.2) is 0 Å². The maximum Gasteiger partial charge on any atom is 0.234 e. The van der Waals surface area contributed by atoms with E-state index in [1.165, 1.54) is 6.92 Å². The van der Waals surface area contributed by atoms with Gasteiger partial charge in [0, 0.05) is 33.1 Å². The highest BCUT2D eigenvalue weighted by Crippen LogP contribution is 2.18. The number of nitrogens with zero attached hydrogens (tertiary/aromatic N) is 1. The summed E-state index contributed by atoms with van der Waals surface area (Å²) in [6.07, 6.45) is 0. The Kier molecular flexibility index (Phi) is 4.26. The summed E-state index contributed by atoms with van der Waals surface area (Å²) in [7, 11) is 0. The second kappa shape index (κ2) is 5.27. The van der Waals surface area contributed by atoms with E-state index in [0.717, 1.165) is 0 Å². The standard InChI is InChI=1S/C10H19N3O3/c1-8(14)11-3-4-12-9(15)5-13-6-10(2,16)7-13/h16H,3-7H2,1-2H3,(H,11,14)(H,12,15). The molecule has 1 aliphatic heterocycles. The number of aliphatic hydroxyl groups is 1. The topological polar surface area (TPSA) is 81.7 Å². The SMILES string of the molecule is CC(=O)NCCNC(=O)CN1CC(C)(O)C1. The lowest BCUT2D eigenvalue weighted by Crippen LogP contribution is -2.61. The molecular weight excluding hydrogens is 210 g/mol. The Balaban J connectivity index is 2.02. The van der Waals surface area contributed by atoms with E-state index in [2.05, 4.69) is 10.6 Å². The molecule has 3 N–H and O–H groups in total. The number of likely N-dealkylation sites (tertiary alicyclic amines) is 1. The molecule has 92 valence electrons. The first-order chi connectivity index (χ1) is 7.39. The van der Waals surface area contributed by atoms with Gasteiger partial charge >= 0.3 is 0 Å². The molecule has 0 aromatic heterocycles. The van der Waals surface area contributed by atoms with Gasteiger partial charge in [-0.15, -0.1) is 0 Å². The van der Waals surface area contributed by atoms with Gasteiger partial charge in [-0.2, -0.15) is 0 Å². The maximum atomic E-state index is 11.4. The third-order valence-electron chi connectivity index (χ3n) is 2.32. The Morgan fingerprint density at radius 2 is 1.88 bits per heavy atom. The van der Waals surface area contributed by atoms with E-state index in [1.807, 2.05) is 4.90 Å². The number of hydrogen-bond donors (Lipinski definition) is 3. The lowest BCUT2D eigenvalue weighted by atomic mass is 9.97. The molecular formula is C10H19N3O3. The van der Waals surface area contributed by atoms with Crippen LogP contribution in [0.15, 0.2) is 0 Å². The van der Waals surface area contributed by atoms with Crippen molar-refractivity contribution in [2.45, 2.75) is 19.4 Å². The molecule has 0 radical (unpaired) electrons. The molecule has 6 nitrogen and oxygen atoms in total. The molecule has 16 heavy (non-hydrogen) atoms. The van der Waals surface area contributed by atoms with Crippen LogP contribution in [0, 0.1) is 0 Å². The Bertz CT molecular complexity index is 270. The predicted octanol–water partition coefficient (Wildman–Crippen LogP) is -1.69. The van der Waals surface area contributed by atoms with Crippen LogP contribution in [0.25, 0.3) is 0 Å². The smallest absolute Gasteiger partial charge is 0.234 e. The quantitative estimate of drug-likeness (QED) is 0.491. The number of β-amino-alcohol motifs (C(OH)–C–C–N with tert-alkyl or cyclic N) is 1. The average molecular weight is 229 g/mol. The van der Waals surface area contributed by atoms with Crippen LogP contribution in [0.5, 0.6) is 0 Å². The van der Waals surface area contributed by atoms with Gasteiger partial charge in [0.05, 0.1) is 12.1 Å². The van der Waals surface area contributed by atoms with Gasteiger partial charge < -0.3 is 15.7 Å². The largest absolute Gasteiger partial charge is 0.388 e. The number of hydrogen-bond acceptors (Lipinski definition) is 4. The number of carbonyl (C=O) groups excluding carboxylic acids is 2. The lowest BCUT2D eigenvalue weighted by Gasteiger charge is -2.43. The van der Waals surface area contributed by atoms with Crippen LogP contribution in [0.1, 0.15) is 13.8 Å². The van der Waals surface area contributed by atoms with Gasteiger partial charge in [0.2, 0.25) is 11.8 Å². The molecule has 0 aromatic rings. The fourth-order valence-corrected chi connectivity index (χ4v) is 1.73. The monoisotopic (exact) mass is 229 g/mol. The van der Waals surface area contributed by atoms with Crippen molar-refractivity contribution in [3.05, 3.63) is 0 Å². The summed E-state index contributed by atoms with van der Waals surface area (Å²) in [6, 6.07) is 0. The fraction of sp³-hybridized carbons (Fsp3) is 0.800. The van der Waals surface area contributed by atoms with Gasteiger partial charge in [0.15, 0.2) is 0 Å². The summed E-state index contributed by atoms with van der Waals surface area (Å²) < 4.78 is 0. The first-order valence-corrected chi connectivity index (χ1v) is 5.35. The molecule has 0 bridgehead atoms. The van der Waals surface area contributed by atoms with E-state index in [4.69, 9.17) is 0 Å². The molecule has 1 rings (SSSR count). The highest BCUT2D eigenvalue weighted by Gasteiger charge is 2.36. The van der Waals surface area contributed by atoms with Gasteiger partial charge in [0.25, 0.3) is 0 Å².